The molecule has 1 heteroatoms. The highest BCUT2D eigenvalue weighted by molar-refractivity contribution is 5.91. The summed E-state index contributed by atoms with van der Waals surface area (Å²) in [6.07, 6.45) is 5.18. The molecule has 1 aromatic rings. The molecule has 0 N–H and O–H groups in total. The van der Waals surface area contributed by atoms with Crippen LogP contribution in [0.3, 0.4) is 0 Å². The molecule has 1 rings (SSSR count). The third kappa shape index (κ3) is 6.44. The summed E-state index contributed by atoms with van der Waals surface area (Å²) < 4.78 is 0. The van der Waals surface area contributed by atoms with Crippen LogP contribution < -0.4 is 0 Å². The fourth-order valence-electron chi connectivity index (χ4n) is 0.981. The average Bonchev–Trinajstić information content (AvgIpc) is 2.17. The van der Waals surface area contributed by atoms with Crippen molar-refractivity contribution in [3.8, 4) is 0 Å². The van der Waals surface area contributed by atoms with Gasteiger partial charge in [-0.25, -0.2) is 0 Å². The summed E-state index contributed by atoms with van der Waals surface area (Å²) in [5, 5.41) is 0. The number of ketones is 1. The summed E-state index contributed by atoms with van der Waals surface area (Å²) in [5.41, 5.74) is 2.29. The predicted molar refractivity (Wildman–Crippen MR) is 66.8 cm³/mol. The van der Waals surface area contributed by atoms with Crippen LogP contribution in [0.1, 0.15) is 25.0 Å². The van der Waals surface area contributed by atoms with E-state index in [-0.39, 0.29) is 5.78 Å². The number of allylic oxidation sites excluding steroid dienone is 2. The molecule has 0 saturated carbocycles. The van der Waals surface area contributed by atoms with Crippen molar-refractivity contribution in [2.24, 2.45) is 0 Å². The quantitative estimate of drug-likeness (QED) is 0.526. The van der Waals surface area contributed by atoms with E-state index in [1.54, 1.807) is 19.1 Å². The molecule has 0 aromatic heterocycles. The third-order valence-corrected chi connectivity index (χ3v) is 1.69. The van der Waals surface area contributed by atoms with Crippen molar-refractivity contribution in [3.63, 3.8) is 0 Å². The van der Waals surface area contributed by atoms with Crippen LogP contribution >= 0.6 is 0 Å². The number of aryl methyl sites for hydroxylation is 1. The van der Waals surface area contributed by atoms with Crippen LogP contribution in [0.4, 0.5) is 0 Å². The van der Waals surface area contributed by atoms with Crippen molar-refractivity contribution in [2.75, 3.05) is 0 Å². The van der Waals surface area contributed by atoms with Crippen LogP contribution in [0.2, 0.25) is 0 Å². The molecule has 15 heavy (non-hydrogen) atoms. The molecule has 0 atom stereocenters. The SMILES string of the molecule is C=CC.CC(=O)/C=C\c1ccccc1C. The second-order valence-corrected chi connectivity index (χ2v) is 3.21. The number of hydrogen-bond acceptors (Lipinski definition) is 1. The van der Waals surface area contributed by atoms with E-state index >= 15 is 0 Å². The third-order valence-electron chi connectivity index (χ3n) is 1.69. The molecule has 0 unspecified atom stereocenters. The molecule has 80 valence electrons. The molecule has 1 nitrogen and oxygen atoms in total. The van der Waals surface area contributed by atoms with Crippen molar-refractivity contribution in [1.29, 1.82) is 0 Å². The molecule has 0 spiro atoms. The van der Waals surface area contributed by atoms with Gasteiger partial charge >= 0.3 is 0 Å². The summed E-state index contributed by atoms with van der Waals surface area (Å²) >= 11 is 0. The fraction of sp³-hybridized carbons (Fsp3) is 0.214. The van der Waals surface area contributed by atoms with E-state index in [0.29, 0.717) is 0 Å². The topological polar surface area (TPSA) is 17.1 Å². The number of carbonyl (C=O) groups excluding carboxylic acids is 1. The molecule has 0 amide bonds. The van der Waals surface area contributed by atoms with Crippen LogP contribution in [-0.2, 0) is 4.79 Å². The lowest BCUT2D eigenvalue weighted by Crippen LogP contribution is -1.82. The molecule has 0 aliphatic rings. The lowest BCUT2D eigenvalue weighted by Gasteiger charge is -1.96. The Hall–Kier alpha value is -1.63. The van der Waals surface area contributed by atoms with Crippen molar-refractivity contribution >= 4 is 11.9 Å². The Labute approximate surface area is 92.1 Å². The Balaban J connectivity index is 0.000000583. The zero-order chi connectivity index (χ0) is 11.7. The van der Waals surface area contributed by atoms with Gasteiger partial charge in [0.05, 0.1) is 0 Å². The summed E-state index contributed by atoms with van der Waals surface area (Å²) in [6, 6.07) is 7.97. The molecule has 0 aliphatic carbocycles. The van der Waals surface area contributed by atoms with E-state index in [2.05, 4.69) is 6.58 Å². The number of rotatable bonds is 2. The minimum absolute atomic E-state index is 0.0817. The largest absolute Gasteiger partial charge is 0.295 e. The predicted octanol–water partition coefficient (Wildman–Crippen LogP) is 3.79. The summed E-state index contributed by atoms with van der Waals surface area (Å²) in [4.78, 5) is 10.6. The molecule has 0 fully saturated rings. The Morgan fingerprint density at radius 3 is 2.33 bits per heavy atom. The molecular formula is C14H18O. The lowest BCUT2D eigenvalue weighted by atomic mass is 10.1. The first-order chi connectivity index (χ1) is 7.11. The van der Waals surface area contributed by atoms with E-state index in [4.69, 9.17) is 0 Å². The van der Waals surface area contributed by atoms with Gasteiger partial charge in [0.1, 0.15) is 0 Å². The smallest absolute Gasteiger partial charge is 0.152 e. The Morgan fingerprint density at radius 1 is 1.33 bits per heavy atom. The number of carbonyl (C=O) groups is 1. The van der Waals surface area contributed by atoms with E-state index in [0.717, 1.165) is 5.56 Å². The molecule has 0 aliphatic heterocycles. The summed E-state index contributed by atoms with van der Waals surface area (Å²) in [6.45, 7) is 8.83. The Morgan fingerprint density at radius 2 is 1.87 bits per heavy atom. The molecule has 0 saturated heterocycles. The molecule has 1 aromatic carbocycles. The van der Waals surface area contributed by atoms with Crippen LogP contribution in [-0.4, -0.2) is 5.78 Å². The molecule has 0 bridgehead atoms. The van der Waals surface area contributed by atoms with Gasteiger partial charge in [0, 0.05) is 0 Å². The van der Waals surface area contributed by atoms with Crippen LogP contribution in [0.25, 0.3) is 6.08 Å². The van der Waals surface area contributed by atoms with Crippen LogP contribution in [0, 0.1) is 6.92 Å². The highest BCUT2D eigenvalue weighted by Crippen LogP contribution is 2.08. The number of hydrogen-bond donors (Lipinski definition) is 0. The normalized spacial score (nSPS) is 9.27. The van der Waals surface area contributed by atoms with E-state index in [9.17, 15) is 4.79 Å². The van der Waals surface area contributed by atoms with Gasteiger partial charge in [-0.05, 0) is 38.0 Å². The monoisotopic (exact) mass is 202 g/mol. The van der Waals surface area contributed by atoms with Crippen molar-refractivity contribution < 1.29 is 4.79 Å². The Kier molecular flexibility index (Phi) is 6.90. The first-order valence-electron chi connectivity index (χ1n) is 4.93. The van der Waals surface area contributed by atoms with Gasteiger partial charge in [-0.1, -0.05) is 36.4 Å². The first kappa shape index (κ1) is 13.4. The van der Waals surface area contributed by atoms with Crippen molar-refractivity contribution in [3.05, 3.63) is 54.1 Å². The zero-order valence-corrected chi connectivity index (χ0v) is 9.66. The number of benzene rings is 1. The van der Waals surface area contributed by atoms with Crippen molar-refractivity contribution in [2.45, 2.75) is 20.8 Å². The standard InChI is InChI=1S/C11H12O.C3H6/c1-9-5-3-4-6-11(9)8-7-10(2)12;1-3-2/h3-8H,1-2H3;3H,1H2,2H3/b8-7-;. The minimum atomic E-state index is 0.0817. The van der Waals surface area contributed by atoms with E-state index in [1.165, 1.54) is 5.56 Å². The van der Waals surface area contributed by atoms with Gasteiger partial charge in [-0.2, -0.15) is 0 Å². The lowest BCUT2D eigenvalue weighted by molar-refractivity contribution is -0.112. The molecular weight excluding hydrogens is 184 g/mol. The minimum Gasteiger partial charge on any atom is -0.295 e. The maximum atomic E-state index is 10.6. The average molecular weight is 202 g/mol. The highest BCUT2D eigenvalue weighted by Gasteiger charge is 1.90. The van der Waals surface area contributed by atoms with Crippen molar-refractivity contribution in [1.82, 2.24) is 0 Å². The zero-order valence-electron chi connectivity index (χ0n) is 9.66. The summed E-state index contributed by atoms with van der Waals surface area (Å²) in [5.74, 6) is 0.0817. The van der Waals surface area contributed by atoms with E-state index < -0.39 is 0 Å². The maximum Gasteiger partial charge on any atom is 0.152 e. The maximum absolute atomic E-state index is 10.6. The van der Waals surface area contributed by atoms with Gasteiger partial charge in [0.2, 0.25) is 0 Å². The van der Waals surface area contributed by atoms with E-state index in [1.807, 2.05) is 44.2 Å². The first-order valence-corrected chi connectivity index (χ1v) is 4.93. The van der Waals surface area contributed by atoms with Gasteiger partial charge in [-0.3, -0.25) is 4.79 Å². The Bertz CT molecular complexity index is 348. The molecule has 0 radical (unpaired) electrons. The van der Waals surface area contributed by atoms with Gasteiger partial charge < -0.3 is 0 Å². The van der Waals surface area contributed by atoms with Gasteiger partial charge in [0.15, 0.2) is 5.78 Å². The highest BCUT2D eigenvalue weighted by atomic mass is 16.1. The van der Waals surface area contributed by atoms with Gasteiger partial charge in [-0.15, -0.1) is 6.58 Å². The van der Waals surface area contributed by atoms with Gasteiger partial charge in [0.25, 0.3) is 0 Å². The second kappa shape index (κ2) is 7.74. The van der Waals surface area contributed by atoms with Crippen LogP contribution in [0.5, 0.6) is 0 Å². The molecule has 0 heterocycles. The van der Waals surface area contributed by atoms with Crippen LogP contribution in [0.15, 0.2) is 43.0 Å². The summed E-state index contributed by atoms with van der Waals surface area (Å²) in [7, 11) is 0. The fourth-order valence-corrected chi connectivity index (χ4v) is 0.981. The second-order valence-electron chi connectivity index (χ2n) is 3.21.